The molecule has 0 fully saturated rings. The van der Waals surface area contributed by atoms with Crippen LogP contribution in [0, 0.1) is 0 Å². The van der Waals surface area contributed by atoms with E-state index >= 15 is 0 Å². The van der Waals surface area contributed by atoms with Gasteiger partial charge >= 0.3 is 5.97 Å². The molecule has 23 heavy (non-hydrogen) atoms. The Labute approximate surface area is 155 Å². The van der Waals surface area contributed by atoms with Crippen molar-refractivity contribution >= 4 is 55.3 Å². The van der Waals surface area contributed by atoms with Crippen LogP contribution in [0.4, 0.5) is 0 Å². The number of carboxylic acid groups (broad SMARTS) is 1. The van der Waals surface area contributed by atoms with Gasteiger partial charge in [-0.3, -0.25) is 4.79 Å². The first kappa shape index (κ1) is 18.0. The normalized spacial score (nSPS) is 11.8. The molecule has 0 heterocycles. The molecule has 0 aromatic heterocycles. The topological polar surface area (TPSA) is 66.4 Å². The van der Waals surface area contributed by atoms with Gasteiger partial charge in [0.25, 0.3) is 5.91 Å². The lowest BCUT2D eigenvalue weighted by Crippen LogP contribution is -2.42. The fourth-order valence-corrected chi connectivity index (χ4v) is 3.53. The Balaban J connectivity index is 2.15. The van der Waals surface area contributed by atoms with E-state index in [1.165, 1.54) is 0 Å². The second kappa shape index (κ2) is 7.95. The average molecular weight is 462 g/mol. The molecule has 1 amide bonds. The standard InChI is InChI=1S/C16H12Br2ClNO3/c17-11-6-10(7-12(18)8-11)15(21)20-14(16(22)23)5-9-2-1-3-13(19)4-9/h1-4,6-8,14H,5H2,(H,20,21)(H,22,23)/t14-/m1/s1. The fourth-order valence-electron chi connectivity index (χ4n) is 2.03. The summed E-state index contributed by atoms with van der Waals surface area (Å²) in [6.07, 6.45) is 0.150. The van der Waals surface area contributed by atoms with E-state index in [1.54, 1.807) is 42.5 Å². The van der Waals surface area contributed by atoms with E-state index in [1.807, 2.05) is 0 Å². The van der Waals surface area contributed by atoms with E-state index in [0.717, 1.165) is 14.5 Å². The van der Waals surface area contributed by atoms with Gasteiger partial charge in [-0.25, -0.2) is 4.79 Å². The third-order valence-corrected chi connectivity index (χ3v) is 4.21. The Kier molecular flexibility index (Phi) is 6.21. The maximum atomic E-state index is 12.3. The highest BCUT2D eigenvalue weighted by atomic mass is 79.9. The molecule has 120 valence electrons. The second-order valence-electron chi connectivity index (χ2n) is 4.86. The van der Waals surface area contributed by atoms with Gasteiger partial charge in [0.05, 0.1) is 0 Å². The van der Waals surface area contributed by atoms with E-state index in [2.05, 4.69) is 37.2 Å². The summed E-state index contributed by atoms with van der Waals surface area (Å²) in [5.74, 6) is -1.56. The Morgan fingerprint density at radius 1 is 1.13 bits per heavy atom. The van der Waals surface area contributed by atoms with Crippen LogP contribution in [0.1, 0.15) is 15.9 Å². The minimum Gasteiger partial charge on any atom is -0.480 e. The summed E-state index contributed by atoms with van der Waals surface area (Å²) in [6.45, 7) is 0. The number of rotatable bonds is 5. The molecule has 0 saturated heterocycles. The molecule has 7 heteroatoms. The molecular weight excluding hydrogens is 449 g/mol. The third-order valence-electron chi connectivity index (χ3n) is 3.06. The number of carbonyl (C=O) groups is 2. The zero-order valence-electron chi connectivity index (χ0n) is 11.7. The van der Waals surface area contributed by atoms with Gasteiger partial charge in [-0.1, -0.05) is 55.6 Å². The molecule has 0 saturated carbocycles. The molecular formula is C16H12Br2ClNO3. The molecule has 0 bridgehead atoms. The van der Waals surface area contributed by atoms with E-state index in [-0.39, 0.29) is 6.42 Å². The first-order chi connectivity index (χ1) is 10.8. The molecule has 0 aliphatic heterocycles. The van der Waals surface area contributed by atoms with Crippen LogP contribution in [0.3, 0.4) is 0 Å². The van der Waals surface area contributed by atoms with E-state index in [4.69, 9.17) is 11.6 Å². The summed E-state index contributed by atoms with van der Waals surface area (Å²) in [4.78, 5) is 23.7. The van der Waals surface area contributed by atoms with Crippen molar-refractivity contribution in [1.82, 2.24) is 5.32 Å². The van der Waals surface area contributed by atoms with Crippen molar-refractivity contribution in [1.29, 1.82) is 0 Å². The highest BCUT2D eigenvalue weighted by Crippen LogP contribution is 2.20. The smallest absolute Gasteiger partial charge is 0.326 e. The largest absolute Gasteiger partial charge is 0.480 e. The monoisotopic (exact) mass is 459 g/mol. The first-order valence-electron chi connectivity index (χ1n) is 6.59. The number of halogens is 3. The van der Waals surface area contributed by atoms with Crippen molar-refractivity contribution in [3.8, 4) is 0 Å². The lowest BCUT2D eigenvalue weighted by Gasteiger charge is -2.15. The van der Waals surface area contributed by atoms with Crippen LogP contribution in [0.2, 0.25) is 5.02 Å². The zero-order valence-corrected chi connectivity index (χ0v) is 15.7. The number of carbonyl (C=O) groups excluding carboxylic acids is 1. The molecule has 0 aliphatic carbocycles. The van der Waals surface area contributed by atoms with Gasteiger partial charge in [0.15, 0.2) is 0 Å². The van der Waals surface area contributed by atoms with Gasteiger partial charge < -0.3 is 10.4 Å². The lowest BCUT2D eigenvalue weighted by atomic mass is 10.1. The van der Waals surface area contributed by atoms with Crippen LogP contribution >= 0.6 is 43.5 Å². The Morgan fingerprint density at radius 3 is 2.35 bits per heavy atom. The van der Waals surface area contributed by atoms with Gasteiger partial charge in [-0.15, -0.1) is 0 Å². The summed E-state index contributed by atoms with van der Waals surface area (Å²) in [7, 11) is 0. The minimum absolute atomic E-state index is 0.150. The molecule has 0 aliphatic rings. The van der Waals surface area contributed by atoms with Gasteiger partial charge in [0.2, 0.25) is 0 Å². The molecule has 2 aromatic rings. The Hall–Kier alpha value is -1.37. The summed E-state index contributed by atoms with van der Waals surface area (Å²) < 4.78 is 1.44. The van der Waals surface area contributed by atoms with Crippen LogP contribution in [0.5, 0.6) is 0 Å². The van der Waals surface area contributed by atoms with Crippen molar-refractivity contribution in [2.24, 2.45) is 0 Å². The van der Waals surface area contributed by atoms with E-state index in [9.17, 15) is 14.7 Å². The van der Waals surface area contributed by atoms with Crippen molar-refractivity contribution in [3.63, 3.8) is 0 Å². The zero-order chi connectivity index (χ0) is 17.0. The van der Waals surface area contributed by atoms with Gasteiger partial charge in [-0.2, -0.15) is 0 Å². The van der Waals surface area contributed by atoms with Crippen LogP contribution in [0.15, 0.2) is 51.4 Å². The summed E-state index contributed by atoms with van der Waals surface area (Å²) in [6, 6.07) is 10.9. The second-order valence-corrected chi connectivity index (χ2v) is 7.12. The maximum Gasteiger partial charge on any atom is 0.326 e. The summed E-state index contributed by atoms with van der Waals surface area (Å²) >= 11 is 12.5. The van der Waals surface area contributed by atoms with Crippen LogP contribution in [0.25, 0.3) is 0 Å². The predicted octanol–water partition coefficient (Wildman–Crippen LogP) is 4.29. The number of hydrogen-bond acceptors (Lipinski definition) is 2. The maximum absolute atomic E-state index is 12.3. The van der Waals surface area contributed by atoms with Crippen molar-refractivity contribution in [2.75, 3.05) is 0 Å². The number of benzene rings is 2. The third kappa shape index (κ3) is 5.34. The summed E-state index contributed by atoms with van der Waals surface area (Å²) in [5.41, 5.74) is 1.10. The number of carboxylic acids is 1. The number of nitrogens with one attached hydrogen (secondary N) is 1. The number of hydrogen-bond donors (Lipinski definition) is 2. The SMILES string of the molecule is O=C(N[C@H](Cc1cccc(Cl)c1)C(=O)O)c1cc(Br)cc(Br)c1. The molecule has 0 spiro atoms. The quantitative estimate of drug-likeness (QED) is 0.698. The van der Waals surface area contributed by atoms with E-state index in [0.29, 0.717) is 10.6 Å². The van der Waals surface area contributed by atoms with Gasteiger partial charge in [0.1, 0.15) is 6.04 Å². The molecule has 1 atom stereocenters. The molecule has 2 N–H and O–H groups in total. The van der Waals surface area contributed by atoms with Crippen LogP contribution < -0.4 is 5.32 Å². The minimum atomic E-state index is -1.10. The van der Waals surface area contributed by atoms with Crippen LogP contribution in [-0.2, 0) is 11.2 Å². The first-order valence-corrected chi connectivity index (χ1v) is 8.56. The van der Waals surface area contributed by atoms with E-state index < -0.39 is 17.9 Å². The lowest BCUT2D eigenvalue weighted by molar-refractivity contribution is -0.139. The van der Waals surface area contributed by atoms with Gasteiger partial charge in [0, 0.05) is 26.0 Å². The molecule has 0 radical (unpaired) electrons. The Bertz CT molecular complexity index is 732. The van der Waals surface area contributed by atoms with Crippen LogP contribution in [-0.4, -0.2) is 23.0 Å². The highest BCUT2D eigenvalue weighted by Gasteiger charge is 2.21. The predicted molar refractivity (Wildman–Crippen MR) is 95.9 cm³/mol. The summed E-state index contributed by atoms with van der Waals surface area (Å²) in [5, 5.41) is 12.4. The fraction of sp³-hybridized carbons (Fsp3) is 0.125. The van der Waals surface area contributed by atoms with Crippen molar-refractivity contribution < 1.29 is 14.7 Å². The number of amides is 1. The Morgan fingerprint density at radius 2 is 1.78 bits per heavy atom. The average Bonchev–Trinajstić information content (AvgIpc) is 2.45. The molecule has 4 nitrogen and oxygen atoms in total. The molecule has 0 unspecified atom stereocenters. The van der Waals surface area contributed by atoms with Crippen molar-refractivity contribution in [2.45, 2.75) is 12.5 Å². The number of aliphatic carboxylic acids is 1. The highest BCUT2D eigenvalue weighted by molar-refractivity contribution is 9.11. The molecule has 2 aromatic carbocycles. The molecule has 2 rings (SSSR count). The van der Waals surface area contributed by atoms with Crippen molar-refractivity contribution in [3.05, 3.63) is 67.6 Å². The van der Waals surface area contributed by atoms with Gasteiger partial charge in [-0.05, 0) is 35.9 Å².